The van der Waals surface area contributed by atoms with Crippen molar-refractivity contribution in [1.29, 1.82) is 0 Å². The Hall–Kier alpha value is -1.16. The molecule has 0 aliphatic heterocycles. The molecular formula is C21H35F3NO6P. The van der Waals surface area contributed by atoms with Gasteiger partial charge in [-0.25, -0.2) is 4.57 Å². The van der Waals surface area contributed by atoms with E-state index in [1.165, 1.54) is 13.2 Å². The molecule has 186 valence electrons. The van der Waals surface area contributed by atoms with Crippen molar-refractivity contribution in [1.82, 2.24) is 0 Å². The van der Waals surface area contributed by atoms with Crippen LogP contribution in [-0.2, 0) is 26.4 Å². The molecule has 1 atom stereocenters. The topological polar surface area (TPSA) is 111 Å². The number of nitrogens with two attached hydrogens (primary N) is 1. The molecule has 1 unspecified atom stereocenters. The van der Waals surface area contributed by atoms with Crippen LogP contribution < -0.4 is 10.5 Å². The zero-order valence-electron chi connectivity index (χ0n) is 18.7. The fraction of sp³-hybridized carbons (Fsp3) is 0.714. The molecule has 0 aromatic heterocycles. The molecule has 1 aromatic rings. The van der Waals surface area contributed by atoms with Gasteiger partial charge < -0.3 is 25.0 Å². The maximum atomic E-state index is 13.6. The Morgan fingerprint density at radius 3 is 2.34 bits per heavy atom. The van der Waals surface area contributed by atoms with Crippen LogP contribution in [0.1, 0.15) is 63.0 Å². The minimum absolute atomic E-state index is 0.144. The van der Waals surface area contributed by atoms with Gasteiger partial charge in [-0.1, -0.05) is 38.7 Å². The highest BCUT2D eigenvalue weighted by molar-refractivity contribution is 7.46. The summed E-state index contributed by atoms with van der Waals surface area (Å²) in [5.41, 5.74) is 4.57. The van der Waals surface area contributed by atoms with Crippen LogP contribution >= 0.6 is 7.82 Å². The monoisotopic (exact) mass is 485 g/mol. The minimum atomic E-state index is -4.73. The van der Waals surface area contributed by atoms with Crippen LogP contribution in [0.15, 0.2) is 18.2 Å². The van der Waals surface area contributed by atoms with Gasteiger partial charge in [0.25, 0.3) is 0 Å². The standard InChI is InChI=1S/C21H35F3NO6P/c1-3-4-5-6-7-13-30-19-9-8-17(15-18(19)21(22,23)24)10-11-20(25,12-14-29-2)16-31-32(26,27)28/h8-9,15H,3-7,10-14,16,25H2,1-2H3,(H2,26,27,28). The number of alkyl halides is 3. The molecule has 11 heteroatoms. The number of aryl methyl sites for hydroxylation is 1. The average Bonchev–Trinajstić information content (AvgIpc) is 2.71. The molecule has 0 bridgehead atoms. The number of hydrogen-bond donors (Lipinski definition) is 3. The van der Waals surface area contributed by atoms with Crippen molar-refractivity contribution < 1.29 is 41.5 Å². The Morgan fingerprint density at radius 2 is 1.75 bits per heavy atom. The third-order valence-corrected chi connectivity index (χ3v) is 5.56. The zero-order chi connectivity index (χ0) is 24.3. The van der Waals surface area contributed by atoms with Crippen molar-refractivity contribution in [2.24, 2.45) is 5.73 Å². The molecule has 0 heterocycles. The first-order chi connectivity index (χ1) is 14.9. The van der Waals surface area contributed by atoms with Crippen molar-refractivity contribution in [3.05, 3.63) is 29.3 Å². The van der Waals surface area contributed by atoms with E-state index in [9.17, 15) is 17.7 Å². The lowest BCUT2D eigenvalue weighted by Crippen LogP contribution is -2.45. The maximum absolute atomic E-state index is 13.6. The molecule has 7 nitrogen and oxygen atoms in total. The summed E-state index contributed by atoms with van der Waals surface area (Å²) < 4.78 is 66.7. The van der Waals surface area contributed by atoms with Gasteiger partial charge in [0.2, 0.25) is 0 Å². The van der Waals surface area contributed by atoms with E-state index >= 15 is 0 Å². The van der Waals surface area contributed by atoms with Crippen molar-refractivity contribution in [3.8, 4) is 5.75 Å². The van der Waals surface area contributed by atoms with E-state index in [2.05, 4.69) is 11.4 Å². The molecule has 0 aliphatic rings. The predicted octanol–water partition coefficient (Wildman–Crippen LogP) is 4.83. The molecule has 1 rings (SSSR count). The first kappa shape index (κ1) is 28.9. The summed E-state index contributed by atoms with van der Waals surface area (Å²) in [6, 6.07) is 3.89. The molecule has 0 saturated carbocycles. The van der Waals surface area contributed by atoms with Gasteiger partial charge in [-0.2, -0.15) is 13.2 Å². The largest absolute Gasteiger partial charge is 0.493 e. The van der Waals surface area contributed by atoms with E-state index in [4.69, 9.17) is 25.0 Å². The van der Waals surface area contributed by atoms with Crippen molar-refractivity contribution in [2.75, 3.05) is 26.9 Å². The lowest BCUT2D eigenvalue weighted by molar-refractivity contribution is -0.139. The molecular weight excluding hydrogens is 450 g/mol. The van der Waals surface area contributed by atoms with Gasteiger partial charge in [-0.15, -0.1) is 0 Å². The van der Waals surface area contributed by atoms with Crippen molar-refractivity contribution in [3.63, 3.8) is 0 Å². The first-order valence-corrected chi connectivity index (χ1v) is 12.2. The summed E-state index contributed by atoms with van der Waals surface area (Å²) in [5.74, 6) is -0.208. The maximum Gasteiger partial charge on any atom is 0.469 e. The molecule has 0 amide bonds. The number of benzene rings is 1. The van der Waals surface area contributed by atoms with Crippen LogP contribution in [-0.4, -0.2) is 42.3 Å². The van der Waals surface area contributed by atoms with Gasteiger partial charge in [0.05, 0.1) is 18.8 Å². The summed E-state index contributed by atoms with van der Waals surface area (Å²) in [7, 11) is -3.29. The number of halogens is 3. The number of phosphoric ester groups is 1. The Bertz CT molecular complexity index is 728. The SMILES string of the molecule is CCCCCCCOc1ccc(CCC(N)(CCOC)COP(=O)(O)O)cc1C(F)(F)F. The molecule has 32 heavy (non-hydrogen) atoms. The number of ether oxygens (including phenoxy) is 2. The molecule has 4 N–H and O–H groups in total. The molecule has 1 aromatic carbocycles. The smallest absolute Gasteiger partial charge is 0.469 e. The number of rotatable bonds is 16. The number of unbranched alkanes of at least 4 members (excludes halogenated alkanes) is 4. The van der Waals surface area contributed by atoms with E-state index in [1.54, 1.807) is 6.07 Å². The highest BCUT2D eigenvalue weighted by Crippen LogP contribution is 2.39. The Balaban J connectivity index is 2.84. The third kappa shape index (κ3) is 11.6. The van der Waals surface area contributed by atoms with Gasteiger partial charge in [-0.05, 0) is 43.4 Å². The van der Waals surface area contributed by atoms with Gasteiger partial charge in [0, 0.05) is 19.3 Å². The average molecular weight is 485 g/mol. The molecule has 0 spiro atoms. The minimum Gasteiger partial charge on any atom is -0.493 e. The van der Waals surface area contributed by atoms with Crippen LogP contribution in [0.2, 0.25) is 0 Å². The van der Waals surface area contributed by atoms with Crippen LogP contribution in [0.3, 0.4) is 0 Å². The summed E-state index contributed by atoms with van der Waals surface area (Å²) in [6.07, 6.45) is 0.743. The normalized spacial score (nSPS) is 14.4. The van der Waals surface area contributed by atoms with Crippen LogP contribution in [0.5, 0.6) is 5.75 Å². The van der Waals surface area contributed by atoms with Crippen molar-refractivity contribution >= 4 is 7.82 Å². The van der Waals surface area contributed by atoms with Gasteiger partial charge in [0.1, 0.15) is 5.75 Å². The highest BCUT2D eigenvalue weighted by atomic mass is 31.2. The molecule has 0 fully saturated rings. The predicted molar refractivity (Wildman–Crippen MR) is 115 cm³/mol. The zero-order valence-corrected chi connectivity index (χ0v) is 19.6. The Labute approximate surface area is 187 Å². The quantitative estimate of drug-likeness (QED) is 0.227. The molecule has 0 aliphatic carbocycles. The second-order valence-electron chi connectivity index (χ2n) is 7.96. The Kier molecular flexibility index (Phi) is 12.2. The van der Waals surface area contributed by atoms with E-state index in [0.717, 1.165) is 31.7 Å². The van der Waals surface area contributed by atoms with Crippen LogP contribution in [0.25, 0.3) is 0 Å². The second-order valence-corrected chi connectivity index (χ2v) is 9.20. The summed E-state index contributed by atoms with van der Waals surface area (Å²) in [4.78, 5) is 17.9. The fourth-order valence-electron chi connectivity index (χ4n) is 3.15. The molecule has 0 radical (unpaired) electrons. The molecule has 0 saturated heterocycles. The van der Waals surface area contributed by atoms with E-state index < -0.39 is 31.7 Å². The summed E-state index contributed by atoms with van der Waals surface area (Å²) in [6.45, 7) is 2.06. The number of hydrogen-bond acceptors (Lipinski definition) is 5. The van der Waals surface area contributed by atoms with Crippen LogP contribution in [0.4, 0.5) is 13.2 Å². The van der Waals surface area contributed by atoms with Gasteiger partial charge >= 0.3 is 14.0 Å². The van der Waals surface area contributed by atoms with E-state index in [0.29, 0.717) is 12.0 Å². The third-order valence-electron chi connectivity index (χ3n) is 5.09. The fourth-order valence-corrected chi connectivity index (χ4v) is 3.57. The van der Waals surface area contributed by atoms with Crippen molar-refractivity contribution in [2.45, 2.75) is 70.0 Å². The lowest BCUT2D eigenvalue weighted by Gasteiger charge is -2.29. The lowest BCUT2D eigenvalue weighted by atomic mass is 9.89. The number of methoxy groups -OCH3 is 1. The summed E-state index contributed by atoms with van der Waals surface area (Å²) in [5, 5.41) is 0. The highest BCUT2D eigenvalue weighted by Gasteiger charge is 2.35. The second kappa shape index (κ2) is 13.5. The van der Waals surface area contributed by atoms with Gasteiger partial charge in [-0.3, -0.25) is 4.52 Å². The Morgan fingerprint density at radius 1 is 1.06 bits per heavy atom. The first-order valence-electron chi connectivity index (χ1n) is 10.7. The number of phosphoric acid groups is 1. The van der Waals surface area contributed by atoms with Gasteiger partial charge in [0.15, 0.2) is 0 Å². The van der Waals surface area contributed by atoms with E-state index in [1.807, 2.05) is 0 Å². The van der Waals surface area contributed by atoms with E-state index in [-0.39, 0.29) is 38.2 Å². The van der Waals surface area contributed by atoms with Crippen LogP contribution in [0, 0.1) is 0 Å². The summed E-state index contributed by atoms with van der Waals surface area (Å²) >= 11 is 0.